The summed E-state index contributed by atoms with van der Waals surface area (Å²) in [5.74, 6) is -0.0681. The molecule has 1 aromatic rings. The van der Waals surface area contributed by atoms with Crippen molar-refractivity contribution in [2.45, 2.75) is 57.2 Å². The van der Waals surface area contributed by atoms with Crippen LogP contribution in [-0.2, 0) is 22.5 Å². The first kappa shape index (κ1) is 12.7. The van der Waals surface area contributed by atoms with Crippen molar-refractivity contribution in [3.8, 4) is 0 Å². The van der Waals surface area contributed by atoms with E-state index in [-0.39, 0.29) is 18.1 Å². The van der Waals surface area contributed by atoms with Gasteiger partial charge < -0.3 is 10.1 Å². The van der Waals surface area contributed by atoms with Gasteiger partial charge in [0.1, 0.15) is 12.1 Å². The van der Waals surface area contributed by atoms with Crippen LogP contribution in [0.4, 0.5) is 0 Å². The summed E-state index contributed by atoms with van der Waals surface area (Å²) >= 11 is 0. The van der Waals surface area contributed by atoms with E-state index in [2.05, 4.69) is 17.4 Å². The van der Waals surface area contributed by atoms with Crippen LogP contribution in [0.25, 0.3) is 0 Å². The first-order chi connectivity index (χ1) is 9.33. The number of benzene rings is 1. The Morgan fingerprint density at radius 3 is 2.63 bits per heavy atom. The predicted octanol–water partition coefficient (Wildman–Crippen LogP) is 2.58. The maximum Gasteiger partial charge on any atom is 0.323 e. The Bertz CT molecular complexity index is 452. The van der Waals surface area contributed by atoms with E-state index in [0.29, 0.717) is 0 Å². The second-order valence-electron chi connectivity index (χ2n) is 5.60. The fourth-order valence-electron chi connectivity index (χ4n) is 3.05. The SMILES string of the molecule is O=C(OC1CCCCC1)C1Cc2ccccc2CN1. The maximum atomic E-state index is 12.2. The van der Waals surface area contributed by atoms with Gasteiger partial charge in [0.25, 0.3) is 0 Å². The lowest BCUT2D eigenvalue weighted by Crippen LogP contribution is -2.44. The quantitative estimate of drug-likeness (QED) is 0.830. The second-order valence-corrected chi connectivity index (χ2v) is 5.60. The molecule has 0 saturated heterocycles. The summed E-state index contributed by atoms with van der Waals surface area (Å²) in [7, 11) is 0. The third-order valence-corrected chi connectivity index (χ3v) is 4.20. The molecule has 1 heterocycles. The highest BCUT2D eigenvalue weighted by Gasteiger charge is 2.27. The van der Waals surface area contributed by atoms with Crippen molar-refractivity contribution in [1.29, 1.82) is 0 Å². The topological polar surface area (TPSA) is 38.3 Å². The summed E-state index contributed by atoms with van der Waals surface area (Å²) < 4.78 is 5.64. The van der Waals surface area contributed by atoms with E-state index in [4.69, 9.17) is 4.74 Å². The van der Waals surface area contributed by atoms with Crippen LogP contribution >= 0.6 is 0 Å². The first-order valence-corrected chi connectivity index (χ1v) is 7.33. The minimum atomic E-state index is -0.170. The third kappa shape index (κ3) is 2.98. The van der Waals surface area contributed by atoms with Gasteiger partial charge in [-0.05, 0) is 43.2 Å². The van der Waals surface area contributed by atoms with Gasteiger partial charge in [-0.1, -0.05) is 30.7 Å². The summed E-state index contributed by atoms with van der Waals surface area (Å²) in [6.07, 6.45) is 6.65. The minimum absolute atomic E-state index is 0.0681. The van der Waals surface area contributed by atoms with Crippen LogP contribution in [0, 0.1) is 0 Å². The molecular formula is C16H21NO2. The van der Waals surface area contributed by atoms with Gasteiger partial charge in [0.05, 0.1) is 0 Å². The molecule has 1 unspecified atom stereocenters. The Balaban J connectivity index is 1.59. The number of carbonyl (C=O) groups is 1. The van der Waals surface area contributed by atoms with Gasteiger partial charge in [-0.2, -0.15) is 0 Å². The van der Waals surface area contributed by atoms with Crippen LogP contribution in [0.5, 0.6) is 0 Å². The molecule has 0 aromatic heterocycles. The molecule has 1 aliphatic heterocycles. The average molecular weight is 259 g/mol. The standard InChI is InChI=1S/C16H21NO2/c18-16(19-14-8-2-1-3-9-14)15-10-12-6-4-5-7-13(12)11-17-15/h4-7,14-15,17H,1-3,8-11H2. The predicted molar refractivity (Wildman–Crippen MR) is 73.7 cm³/mol. The van der Waals surface area contributed by atoms with E-state index in [1.165, 1.54) is 30.4 Å². The van der Waals surface area contributed by atoms with Crippen molar-refractivity contribution < 1.29 is 9.53 Å². The fourth-order valence-corrected chi connectivity index (χ4v) is 3.05. The zero-order chi connectivity index (χ0) is 13.1. The van der Waals surface area contributed by atoms with Crippen LogP contribution in [-0.4, -0.2) is 18.1 Å². The number of fused-ring (bicyclic) bond motifs is 1. The third-order valence-electron chi connectivity index (χ3n) is 4.20. The Morgan fingerprint density at radius 2 is 1.84 bits per heavy atom. The van der Waals surface area contributed by atoms with Crippen LogP contribution in [0.3, 0.4) is 0 Å². The highest BCUT2D eigenvalue weighted by Crippen LogP contribution is 2.22. The smallest absolute Gasteiger partial charge is 0.323 e. The monoisotopic (exact) mass is 259 g/mol. The largest absolute Gasteiger partial charge is 0.461 e. The van der Waals surface area contributed by atoms with Gasteiger partial charge in [0, 0.05) is 6.54 Å². The van der Waals surface area contributed by atoms with Gasteiger partial charge in [0.2, 0.25) is 0 Å². The summed E-state index contributed by atoms with van der Waals surface area (Å²) in [5.41, 5.74) is 2.57. The van der Waals surface area contributed by atoms with Crippen molar-refractivity contribution in [2.75, 3.05) is 0 Å². The van der Waals surface area contributed by atoms with Crippen LogP contribution in [0.15, 0.2) is 24.3 Å². The molecule has 1 atom stereocenters. The normalized spacial score (nSPS) is 23.7. The summed E-state index contributed by atoms with van der Waals surface area (Å²) in [5, 5.41) is 3.29. The van der Waals surface area contributed by atoms with E-state index < -0.39 is 0 Å². The lowest BCUT2D eigenvalue weighted by Gasteiger charge is -2.28. The number of hydrogen-bond donors (Lipinski definition) is 1. The van der Waals surface area contributed by atoms with Crippen molar-refractivity contribution in [3.63, 3.8) is 0 Å². The van der Waals surface area contributed by atoms with Crippen molar-refractivity contribution in [3.05, 3.63) is 35.4 Å². The molecule has 3 rings (SSSR count). The number of esters is 1. The molecule has 1 aromatic carbocycles. The minimum Gasteiger partial charge on any atom is -0.461 e. The maximum absolute atomic E-state index is 12.2. The van der Waals surface area contributed by atoms with Gasteiger partial charge in [0.15, 0.2) is 0 Å². The van der Waals surface area contributed by atoms with Gasteiger partial charge >= 0.3 is 5.97 Å². The molecule has 102 valence electrons. The van der Waals surface area contributed by atoms with Crippen LogP contribution < -0.4 is 5.32 Å². The lowest BCUT2D eigenvalue weighted by molar-refractivity contribution is -0.153. The molecule has 1 N–H and O–H groups in total. The average Bonchev–Trinajstić information content (AvgIpc) is 2.48. The Hall–Kier alpha value is -1.35. The summed E-state index contributed by atoms with van der Waals surface area (Å²) in [4.78, 5) is 12.2. The molecule has 0 spiro atoms. The van der Waals surface area contributed by atoms with Crippen LogP contribution in [0.2, 0.25) is 0 Å². The second kappa shape index (κ2) is 5.74. The molecular weight excluding hydrogens is 238 g/mol. The number of ether oxygens (including phenoxy) is 1. The van der Waals surface area contributed by atoms with E-state index in [1.807, 2.05) is 12.1 Å². The van der Waals surface area contributed by atoms with E-state index in [1.54, 1.807) is 0 Å². The zero-order valence-electron chi connectivity index (χ0n) is 11.2. The molecule has 3 heteroatoms. The molecule has 19 heavy (non-hydrogen) atoms. The van der Waals surface area contributed by atoms with Gasteiger partial charge in [-0.15, -0.1) is 0 Å². The highest BCUT2D eigenvalue weighted by molar-refractivity contribution is 5.76. The van der Waals surface area contributed by atoms with Crippen LogP contribution in [0.1, 0.15) is 43.2 Å². The van der Waals surface area contributed by atoms with E-state index in [0.717, 1.165) is 25.8 Å². The zero-order valence-corrected chi connectivity index (χ0v) is 11.2. The Labute approximate surface area is 114 Å². The molecule has 2 aliphatic rings. The number of rotatable bonds is 2. The molecule has 1 aliphatic carbocycles. The summed E-state index contributed by atoms with van der Waals surface area (Å²) in [6, 6.07) is 8.13. The fraction of sp³-hybridized carbons (Fsp3) is 0.562. The van der Waals surface area contributed by atoms with Gasteiger partial charge in [-0.3, -0.25) is 4.79 Å². The first-order valence-electron chi connectivity index (χ1n) is 7.33. The number of nitrogens with one attached hydrogen (secondary N) is 1. The number of hydrogen-bond acceptors (Lipinski definition) is 3. The van der Waals surface area contributed by atoms with Crippen molar-refractivity contribution >= 4 is 5.97 Å². The Kier molecular flexibility index (Phi) is 3.83. The van der Waals surface area contributed by atoms with E-state index >= 15 is 0 Å². The Morgan fingerprint density at radius 1 is 1.11 bits per heavy atom. The molecule has 0 bridgehead atoms. The lowest BCUT2D eigenvalue weighted by atomic mass is 9.95. The van der Waals surface area contributed by atoms with Gasteiger partial charge in [-0.25, -0.2) is 0 Å². The molecule has 1 saturated carbocycles. The van der Waals surface area contributed by atoms with Crippen molar-refractivity contribution in [1.82, 2.24) is 5.32 Å². The number of carbonyl (C=O) groups excluding carboxylic acids is 1. The van der Waals surface area contributed by atoms with Crippen molar-refractivity contribution in [2.24, 2.45) is 0 Å². The van der Waals surface area contributed by atoms with E-state index in [9.17, 15) is 4.79 Å². The highest BCUT2D eigenvalue weighted by atomic mass is 16.5. The summed E-state index contributed by atoms with van der Waals surface area (Å²) in [6.45, 7) is 0.764. The molecule has 3 nitrogen and oxygen atoms in total. The molecule has 1 fully saturated rings. The molecule has 0 amide bonds. The molecule has 0 radical (unpaired) electrons.